The number of hydrogen-bond acceptors (Lipinski definition) is 3. The van der Waals surface area contributed by atoms with E-state index < -0.39 is 5.97 Å². The van der Waals surface area contributed by atoms with E-state index in [-0.39, 0.29) is 6.10 Å². The van der Waals surface area contributed by atoms with Crippen LogP contribution in [0, 0.1) is 0 Å². The fraction of sp³-hybridized carbons (Fsp3) is 0.462. The first-order chi connectivity index (χ1) is 8.27. The minimum absolute atomic E-state index is 0.284. The first-order valence-electron chi connectivity index (χ1n) is 5.91. The Hall–Kier alpha value is -1.39. The molecule has 1 aromatic carbocycles. The quantitative estimate of drug-likeness (QED) is 0.814. The molecule has 2 rings (SSSR count). The molecule has 0 amide bonds. The van der Waals surface area contributed by atoms with Gasteiger partial charge in [-0.15, -0.1) is 0 Å². The summed E-state index contributed by atoms with van der Waals surface area (Å²) in [6.45, 7) is 2.20. The Balaban J connectivity index is 1.87. The monoisotopic (exact) mass is 235 g/mol. The predicted octanol–water partition coefficient (Wildman–Crippen LogP) is 1.65. The summed E-state index contributed by atoms with van der Waals surface area (Å²) in [7, 11) is 0. The Bertz CT molecular complexity index is 386. The summed E-state index contributed by atoms with van der Waals surface area (Å²) in [5.74, 6) is -0.875. The standard InChI is InChI=1S/C13H17NO3/c15-13(16)12-6-2-1-4-10(12)8-14-9-11-5-3-7-17-11/h1-2,4,6,11,14H,3,5,7-9H2,(H,15,16). The minimum Gasteiger partial charge on any atom is -0.478 e. The molecule has 0 bridgehead atoms. The summed E-state index contributed by atoms with van der Waals surface area (Å²) in [4.78, 5) is 11.0. The SMILES string of the molecule is O=C(O)c1ccccc1CNCC1CCCO1. The normalized spacial score (nSPS) is 19.4. The summed E-state index contributed by atoms with van der Waals surface area (Å²) in [5.41, 5.74) is 1.19. The zero-order valence-corrected chi connectivity index (χ0v) is 9.69. The lowest BCUT2D eigenvalue weighted by molar-refractivity contribution is 0.0695. The molecule has 1 aliphatic rings. The van der Waals surface area contributed by atoms with Crippen LogP contribution >= 0.6 is 0 Å². The third-order valence-electron chi connectivity index (χ3n) is 2.96. The first-order valence-corrected chi connectivity index (χ1v) is 5.91. The Morgan fingerprint density at radius 2 is 2.29 bits per heavy atom. The van der Waals surface area contributed by atoms with E-state index >= 15 is 0 Å². The number of ether oxygens (including phenoxy) is 1. The van der Waals surface area contributed by atoms with Crippen molar-refractivity contribution >= 4 is 5.97 Å². The van der Waals surface area contributed by atoms with Crippen molar-refractivity contribution < 1.29 is 14.6 Å². The van der Waals surface area contributed by atoms with Crippen LogP contribution in [0.15, 0.2) is 24.3 Å². The molecular formula is C13H17NO3. The van der Waals surface area contributed by atoms with Gasteiger partial charge >= 0.3 is 5.97 Å². The summed E-state index contributed by atoms with van der Waals surface area (Å²) >= 11 is 0. The number of carboxylic acid groups (broad SMARTS) is 1. The van der Waals surface area contributed by atoms with Gasteiger partial charge in [0.1, 0.15) is 0 Å². The van der Waals surface area contributed by atoms with Gasteiger partial charge in [-0.3, -0.25) is 0 Å². The molecule has 1 unspecified atom stereocenters. The second-order valence-corrected chi connectivity index (χ2v) is 4.23. The van der Waals surface area contributed by atoms with Crippen LogP contribution in [0.2, 0.25) is 0 Å². The minimum atomic E-state index is -0.875. The van der Waals surface area contributed by atoms with Crippen molar-refractivity contribution in [3.05, 3.63) is 35.4 Å². The van der Waals surface area contributed by atoms with Crippen LogP contribution in [0.4, 0.5) is 0 Å². The average Bonchev–Trinajstić information content (AvgIpc) is 2.82. The molecule has 0 aromatic heterocycles. The lowest BCUT2D eigenvalue weighted by Crippen LogP contribution is -2.26. The zero-order chi connectivity index (χ0) is 12.1. The van der Waals surface area contributed by atoms with Gasteiger partial charge in [0.15, 0.2) is 0 Å². The van der Waals surface area contributed by atoms with E-state index in [1.54, 1.807) is 12.1 Å². The highest BCUT2D eigenvalue weighted by molar-refractivity contribution is 5.89. The fourth-order valence-corrected chi connectivity index (χ4v) is 2.06. The second kappa shape index (κ2) is 5.80. The van der Waals surface area contributed by atoms with Crippen molar-refractivity contribution in [3.8, 4) is 0 Å². The Morgan fingerprint density at radius 1 is 1.47 bits per heavy atom. The van der Waals surface area contributed by atoms with E-state index in [1.807, 2.05) is 12.1 Å². The molecular weight excluding hydrogens is 218 g/mol. The number of aromatic carboxylic acids is 1. The van der Waals surface area contributed by atoms with E-state index in [1.165, 1.54) is 0 Å². The topological polar surface area (TPSA) is 58.6 Å². The Labute approximate surface area is 101 Å². The molecule has 17 heavy (non-hydrogen) atoms. The zero-order valence-electron chi connectivity index (χ0n) is 9.69. The van der Waals surface area contributed by atoms with Crippen LogP contribution in [-0.2, 0) is 11.3 Å². The molecule has 1 fully saturated rings. The van der Waals surface area contributed by atoms with Gasteiger partial charge < -0.3 is 15.2 Å². The summed E-state index contributed by atoms with van der Waals surface area (Å²) in [6, 6.07) is 7.07. The van der Waals surface area contributed by atoms with Gasteiger partial charge in [-0.1, -0.05) is 18.2 Å². The molecule has 0 radical (unpaired) electrons. The largest absolute Gasteiger partial charge is 0.478 e. The van der Waals surface area contributed by atoms with Crippen LogP contribution in [0.25, 0.3) is 0 Å². The van der Waals surface area contributed by atoms with Crippen LogP contribution in [0.5, 0.6) is 0 Å². The van der Waals surface area contributed by atoms with Crippen molar-refractivity contribution in [1.29, 1.82) is 0 Å². The highest BCUT2D eigenvalue weighted by Gasteiger charge is 2.15. The third kappa shape index (κ3) is 3.28. The van der Waals surface area contributed by atoms with Crippen molar-refractivity contribution in [1.82, 2.24) is 5.32 Å². The van der Waals surface area contributed by atoms with E-state index in [2.05, 4.69) is 5.32 Å². The smallest absolute Gasteiger partial charge is 0.336 e. The average molecular weight is 235 g/mol. The molecule has 4 nitrogen and oxygen atoms in total. The highest BCUT2D eigenvalue weighted by atomic mass is 16.5. The number of benzene rings is 1. The van der Waals surface area contributed by atoms with Gasteiger partial charge in [-0.25, -0.2) is 4.79 Å². The van der Waals surface area contributed by atoms with Gasteiger partial charge in [0.25, 0.3) is 0 Å². The van der Waals surface area contributed by atoms with Crippen molar-refractivity contribution in [3.63, 3.8) is 0 Å². The maximum Gasteiger partial charge on any atom is 0.336 e. The van der Waals surface area contributed by atoms with Gasteiger partial charge in [-0.2, -0.15) is 0 Å². The first kappa shape index (κ1) is 12.1. The third-order valence-corrected chi connectivity index (χ3v) is 2.96. The van der Waals surface area contributed by atoms with Gasteiger partial charge in [-0.05, 0) is 24.5 Å². The van der Waals surface area contributed by atoms with Gasteiger partial charge in [0.05, 0.1) is 11.7 Å². The fourth-order valence-electron chi connectivity index (χ4n) is 2.06. The van der Waals surface area contributed by atoms with E-state index in [4.69, 9.17) is 9.84 Å². The van der Waals surface area contributed by atoms with Gasteiger partial charge in [0, 0.05) is 19.7 Å². The van der Waals surface area contributed by atoms with Crippen LogP contribution in [-0.4, -0.2) is 30.3 Å². The van der Waals surface area contributed by atoms with Crippen molar-refractivity contribution in [2.45, 2.75) is 25.5 Å². The van der Waals surface area contributed by atoms with Crippen molar-refractivity contribution in [2.24, 2.45) is 0 Å². The van der Waals surface area contributed by atoms with Crippen molar-refractivity contribution in [2.75, 3.05) is 13.2 Å². The number of carbonyl (C=O) groups is 1. The molecule has 1 saturated heterocycles. The van der Waals surface area contributed by atoms with E-state index in [9.17, 15) is 4.79 Å². The predicted molar refractivity (Wildman–Crippen MR) is 64.1 cm³/mol. The highest BCUT2D eigenvalue weighted by Crippen LogP contribution is 2.12. The van der Waals surface area contributed by atoms with Crippen LogP contribution in [0.3, 0.4) is 0 Å². The Kier molecular flexibility index (Phi) is 4.12. The molecule has 0 spiro atoms. The maximum atomic E-state index is 11.0. The molecule has 92 valence electrons. The maximum absolute atomic E-state index is 11.0. The lowest BCUT2D eigenvalue weighted by Gasteiger charge is -2.11. The molecule has 1 atom stereocenters. The molecule has 1 aliphatic heterocycles. The number of nitrogens with one attached hydrogen (secondary N) is 1. The molecule has 0 aliphatic carbocycles. The number of hydrogen-bond donors (Lipinski definition) is 2. The molecule has 1 heterocycles. The van der Waals surface area contributed by atoms with Gasteiger partial charge in [0.2, 0.25) is 0 Å². The van der Waals surface area contributed by atoms with E-state index in [0.717, 1.165) is 31.6 Å². The number of carboxylic acids is 1. The molecule has 1 aromatic rings. The number of rotatable bonds is 5. The molecule has 2 N–H and O–H groups in total. The summed E-state index contributed by atoms with van der Waals surface area (Å²) < 4.78 is 5.49. The summed E-state index contributed by atoms with van der Waals surface area (Å²) in [6.07, 6.45) is 2.50. The molecule has 4 heteroatoms. The lowest BCUT2D eigenvalue weighted by atomic mass is 10.1. The van der Waals surface area contributed by atoms with E-state index in [0.29, 0.717) is 12.1 Å². The summed E-state index contributed by atoms with van der Waals surface area (Å²) in [5, 5.41) is 12.3. The second-order valence-electron chi connectivity index (χ2n) is 4.23. The van der Waals surface area contributed by atoms with Crippen LogP contribution in [0.1, 0.15) is 28.8 Å². The molecule has 0 saturated carbocycles. The Morgan fingerprint density at radius 3 is 3.00 bits per heavy atom. The van der Waals surface area contributed by atoms with Crippen LogP contribution < -0.4 is 5.32 Å².